The Bertz CT molecular complexity index is 1030. The summed E-state index contributed by atoms with van der Waals surface area (Å²) < 4.78 is 11.0. The van der Waals surface area contributed by atoms with Gasteiger partial charge in [0.1, 0.15) is 11.5 Å². The number of para-hydroxylation sites is 2. The average molecular weight is 472 g/mol. The summed E-state index contributed by atoms with van der Waals surface area (Å²) in [7, 11) is 3.36. The summed E-state index contributed by atoms with van der Waals surface area (Å²) in [6.07, 6.45) is 2.18. The van der Waals surface area contributed by atoms with Gasteiger partial charge in [-0.25, -0.2) is 0 Å². The van der Waals surface area contributed by atoms with Crippen molar-refractivity contribution in [2.24, 2.45) is 0 Å². The Hall–Kier alpha value is -2.70. The fourth-order valence-corrected chi connectivity index (χ4v) is 4.90. The molecule has 6 nitrogen and oxygen atoms in total. The maximum absolute atomic E-state index is 13.6. The first kappa shape index (κ1) is 24.9. The van der Waals surface area contributed by atoms with Crippen molar-refractivity contribution in [2.45, 2.75) is 26.3 Å². The Balaban J connectivity index is 0.00000306. The number of carbonyl (C=O) groups is 1. The number of hydrogen-bond donors (Lipinski definition) is 0. The van der Waals surface area contributed by atoms with Crippen LogP contribution in [-0.4, -0.2) is 63.3 Å². The minimum Gasteiger partial charge on any atom is -0.497 e. The number of anilines is 2. The SMILES string of the molecule is COc1ccc2c(c1)N(C(=O)CN1CCN(c3ccccc3OC)CC1)C(C)(C)C=C2C.Cl. The van der Waals surface area contributed by atoms with Crippen molar-refractivity contribution in [3.8, 4) is 11.5 Å². The Morgan fingerprint density at radius 3 is 2.33 bits per heavy atom. The maximum Gasteiger partial charge on any atom is 0.241 e. The lowest BCUT2D eigenvalue weighted by Gasteiger charge is -2.43. The molecule has 2 aliphatic rings. The van der Waals surface area contributed by atoms with Crippen molar-refractivity contribution in [1.29, 1.82) is 0 Å². The molecule has 0 aromatic heterocycles. The molecule has 0 saturated carbocycles. The summed E-state index contributed by atoms with van der Waals surface area (Å²) in [6.45, 7) is 10.1. The van der Waals surface area contributed by atoms with Gasteiger partial charge in [-0.3, -0.25) is 9.69 Å². The zero-order valence-corrected chi connectivity index (χ0v) is 20.9. The lowest BCUT2D eigenvalue weighted by molar-refractivity contribution is -0.120. The van der Waals surface area contributed by atoms with Crippen LogP contribution in [-0.2, 0) is 4.79 Å². The van der Waals surface area contributed by atoms with Gasteiger partial charge in [0.05, 0.1) is 37.7 Å². The summed E-state index contributed by atoms with van der Waals surface area (Å²) in [4.78, 5) is 20.1. The van der Waals surface area contributed by atoms with E-state index in [1.165, 1.54) is 5.57 Å². The van der Waals surface area contributed by atoms with E-state index in [-0.39, 0.29) is 18.3 Å². The number of hydrogen-bond acceptors (Lipinski definition) is 5. The first-order valence-corrected chi connectivity index (χ1v) is 11.2. The molecule has 0 N–H and O–H groups in total. The third-order valence-corrected chi connectivity index (χ3v) is 6.42. The Morgan fingerprint density at radius 2 is 1.67 bits per heavy atom. The summed E-state index contributed by atoms with van der Waals surface area (Å²) in [5.74, 6) is 1.76. The first-order valence-electron chi connectivity index (χ1n) is 11.2. The van der Waals surface area contributed by atoms with Crippen LogP contribution in [0.15, 0.2) is 48.5 Å². The van der Waals surface area contributed by atoms with E-state index in [0.29, 0.717) is 6.54 Å². The number of allylic oxidation sites excluding steroid dienone is 1. The molecule has 0 bridgehead atoms. The molecule has 2 aromatic carbocycles. The second kappa shape index (κ2) is 10.1. The molecule has 2 aromatic rings. The van der Waals surface area contributed by atoms with E-state index in [1.807, 2.05) is 41.3 Å². The fraction of sp³-hybridized carbons (Fsp3) is 0.423. The van der Waals surface area contributed by atoms with E-state index in [2.05, 4.69) is 42.7 Å². The number of benzene rings is 2. The number of piperazine rings is 1. The number of fused-ring (bicyclic) bond motifs is 1. The van der Waals surface area contributed by atoms with Crippen LogP contribution in [0.1, 0.15) is 26.3 Å². The highest BCUT2D eigenvalue weighted by molar-refractivity contribution is 6.01. The number of halogens is 1. The highest BCUT2D eigenvalue weighted by Crippen LogP contribution is 2.41. The topological polar surface area (TPSA) is 45.2 Å². The molecule has 2 aliphatic heterocycles. The largest absolute Gasteiger partial charge is 0.497 e. The zero-order chi connectivity index (χ0) is 22.9. The number of rotatable bonds is 5. The zero-order valence-electron chi connectivity index (χ0n) is 20.1. The molecule has 0 spiro atoms. The number of carbonyl (C=O) groups excluding carboxylic acids is 1. The van der Waals surface area contributed by atoms with E-state index >= 15 is 0 Å². The molecular weight excluding hydrogens is 438 g/mol. The van der Waals surface area contributed by atoms with Crippen molar-refractivity contribution in [3.63, 3.8) is 0 Å². The molecule has 1 amide bonds. The van der Waals surface area contributed by atoms with Gasteiger partial charge < -0.3 is 19.3 Å². The predicted molar refractivity (Wildman–Crippen MR) is 137 cm³/mol. The van der Waals surface area contributed by atoms with Gasteiger partial charge in [-0.15, -0.1) is 12.4 Å². The molecular formula is C26H34ClN3O3. The Morgan fingerprint density at radius 1 is 0.970 bits per heavy atom. The molecule has 2 heterocycles. The molecule has 0 atom stereocenters. The number of amides is 1. The van der Waals surface area contributed by atoms with Crippen LogP contribution in [0.5, 0.6) is 11.5 Å². The molecule has 33 heavy (non-hydrogen) atoms. The van der Waals surface area contributed by atoms with Gasteiger partial charge in [0, 0.05) is 37.8 Å². The van der Waals surface area contributed by atoms with Crippen molar-refractivity contribution >= 4 is 35.3 Å². The van der Waals surface area contributed by atoms with Crippen LogP contribution in [0.3, 0.4) is 0 Å². The van der Waals surface area contributed by atoms with Crippen molar-refractivity contribution in [1.82, 2.24) is 4.90 Å². The van der Waals surface area contributed by atoms with E-state index in [1.54, 1.807) is 14.2 Å². The minimum absolute atomic E-state index is 0. The monoisotopic (exact) mass is 471 g/mol. The number of ether oxygens (including phenoxy) is 2. The second-order valence-electron chi connectivity index (χ2n) is 9.03. The third-order valence-electron chi connectivity index (χ3n) is 6.42. The van der Waals surface area contributed by atoms with Gasteiger partial charge in [0.15, 0.2) is 0 Å². The molecule has 0 unspecified atom stereocenters. The lowest BCUT2D eigenvalue weighted by Crippen LogP contribution is -2.55. The summed E-state index contributed by atoms with van der Waals surface area (Å²) in [5, 5.41) is 0. The molecule has 1 fully saturated rings. The van der Waals surface area contributed by atoms with Gasteiger partial charge in [-0.2, -0.15) is 0 Å². The van der Waals surface area contributed by atoms with Crippen LogP contribution in [0.2, 0.25) is 0 Å². The molecule has 4 rings (SSSR count). The highest BCUT2D eigenvalue weighted by Gasteiger charge is 2.37. The summed E-state index contributed by atoms with van der Waals surface area (Å²) in [6, 6.07) is 14.1. The molecule has 0 aliphatic carbocycles. The first-order chi connectivity index (χ1) is 15.3. The van der Waals surface area contributed by atoms with Crippen LogP contribution in [0.25, 0.3) is 5.57 Å². The standard InChI is InChI=1S/C26H33N3O3.ClH/c1-19-17-26(2,3)29(23-16-20(31-4)10-11-21(19)23)25(30)18-27-12-14-28(15-13-27)22-8-6-7-9-24(22)32-5;/h6-11,16-17H,12-15,18H2,1-5H3;1H. The van der Waals surface area contributed by atoms with E-state index in [9.17, 15) is 4.79 Å². The van der Waals surface area contributed by atoms with Gasteiger partial charge in [-0.05, 0) is 50.6 Å². The van der Waals surface area contributed by atoms with Gasteiger partial charge in [0.25, 0.3) is 0 Å². The highest BCUT2D eigenvalue weighted by atomic mass is 35.5. The Labute approximate surface area is 203 Å². The fourth-order valence-electron chi connectivity index (χ4n) is 4.90. The van der Waals surface area contributed by atoms with Crippen molar-refractivity contribution in [2.75, 3.05) is 56.7 Å². The Kier molecular flexibility index (Phi) is 7.60. The van der Waals surface area contributed by atoms with E-state index in [0.717, 1.165) is 54.6 Å². The van der Waals surface area contributed by atoms with Gasteiger partial charge in [0.2, 0.25) is 5.91 Å². The number of nitrogens with zero attached hydrogens (tertiary/aromatic N) is 3. The normalized spacial score (nSPS) is 17.5. The van der Waals surface area contributed by atoms with Crippen molar-refractivity contribution < 1.29 is 14.3 Å². The quantitative estimate of drug-likeness (QED) is 0.643. The van der Waals surface area contributed by atoms with Gasteiger partial charge in [-0.1, -0.05) is 18.2 Å². The van der Waals surface area contributed by atoms with Crippen molar-refractivity contribution in [3.05, 3.63) is 54.1 Å². The van der Waals surface area contributed by atoms with Crippen LogP contribution >= 0.6 is 12.4 Å². The van der Waals surface area contributed by atoms with E-state index in [4.69, 9.17) is 9.47 Å². The smallest absolute Gasteiger partial charge is 0.241 e. The molecule has 7 heteroatoms. The molecule has 178 valence electrons. The molecule has 0 radical (unpaired) electrons. The van der Waals surface area contributed by atoms with Gasteiger partial charge >= 0.3 is 0 Å². The lowest BCUT2D eigenvalue weighted by atomic mass is 9.88. The summed E-state index contributed by atoms with van der Waals surface area (Å²) >= 11 is 0. The minimum atomic E-state index is -0.403. The summed E-state index contributed by atoms with van der Waals surface area (Å²) in [5.41, 5.74) is 3.90. The second-order valence-corrected chi connectivity index (χ2v) is 9.03. The maximum atomic E-state index is 13.6. The van der Waals surface area contributed by atoms with Crippen LogP contribution in [0.4, 0.5) is 11.4 Å². The average Bonchev–Trinajstić information content (AvgIpc) is 2.78. The molecule has 1 saturated heterocycles. The number of methoxy groups -OCH3 is 2. The van der Waals surface area contributed by atoms with Crippen LogP contribution < -0.4 is 19.3 Å². The predicted octanol–water partition coefficient (Wildman–Crippen LogP) is 4.48. The third kappa shape index (κ3) is 4.97. The van der Waals surface area contributed by atoms with E-state index < -0.39 is 5.54 Å². The van der Waals surface area contributed by atoms with Crippen LogP contribution in [0, 0.1) is 0 Å².